The van der Waals surface area contributed by atoms with Gasteiger partial charge in [-0.3, -0.25) is 24.5 Å². The summed E-state index contributed by atoms with van der Waals surface area (Å²) in [6, 6.07) is 6.86. The largest absolute Gasteiger partial charge is 0.406 e. The van der Waals surface area contributed by atoms with Crippen LogP contribution in [0.3, 0.4) is 0 Å². The predicted molar refractivity (Wildman–Crippen MR) is 297 cm³/mol. The maximum Gasteiger partial charge on any atom is 0.406 e. The van der Waals surface area contributed by atoms with E-state index in [1.165, 1.54) is 17.4 Å². The Kier molecular flexibility index (Phi) is 18.1. The lowest BCUT2D eigenvalue weighted by Gasteiger charge is -2.66. The summed E-state index contributed by atoms with van der Waals surface area (Å²) in [6.07, 6.45) is 10.1. The zero-order valence-corrected chi connectivity index (χ0v) is 46.5. The van der Waals surface area contributed by atoms with Crippen LogP contribution in [-0.4, -0.2) is 142 Å². The van der Waals surface area contributed by atoms with E-state index in [0.29, 0.717) is 87.5 Å². The number of hydrazine groups is 1. The number of hydrogen-bond acceptors (Lipinski definition) is 11. The van der Waals surface area contributed by atoms with Gasteiger partial charge in [-0.05, 0) is 137 Å². The molecular formula is C59H92F3N9O5. The van der Waals surface area contributed by atoms with Gasteiger partial charge in [0.2, 0.25) is 5.91 Å². The lowest BCUT2D eigenvalue weighted by Crippen LogP contribution is -2.72. The first-order valence-electron chi connectivity index (χ1n) is 29.1. The summed E-state index contributed by atoms with van der Waals surface area (Å²) in [5.41, 5.74) is 7.54. The molecule has 9 rings (SSSR count). The lowest BCUT2D eigenvalue weighted by molar-refractivity contribution is -0.255. The number of rotatable bonds is 18. The maximum atomic E-state index is 15.2. The number of carbonyl (C=O) groups excluding carboxylic acids is 3. The number of fused-ring (bicyclic) bond motifs is 3. The second kappa shape index (κ2) is 24.4. The number of ether oxygens (including phenoxy) is 2. The Bertz CT molecular complexity index is 2470. The highest BCUT2D eigenvalue weighted by atomic mass is 19.4. The zero-order valence-electron chi connectivity index (χ0n) is 46.5. The fraction of sp³-hybridized carbons (Fsp3) is 0.729. The van der Waals surface area contributed by atoms with Crippen molar-refractivity contribution in [1.29, 1.82) is 0 Å². The molecule has 5 saturated heterocycles. The Morgan fingerprint density at radius 1 is 1.00 bits per heavy atom. The van der Waals surface area contributed by atoms with Crippen LogP contribution < -0.4 is 25.9 Å². The summed E-state index contributed by atoms with van der Waals surface area (Å²) in [6.45, 7) is 18.0. The summed E-state index contributed by atoms with van der Waals surface area (Å²) in [4.78, 5) is 54.2. The van der Waals surface area contributed by atoms with Crippen molar-refractivity contribution >= 4 is 40.4 Å². The summed E-state index contributed by atoms with van der Waals surface area (Å²) in [5.74, 6) is 0.178. The Morgan fingerprint density at radius 2 is 1.72 bits per heavy atom. The van der Waals surface area contributed by atoms with Crippen molar-refractivity contribution in [2.75, 3.05) is 95.6 Å². The molecule has 1 spiro atoms. The molecular weight excluding hydrogens is 972 g/mol. The van der Waals surface area contributed by atoms with Crippen LogP contribution in [0, 0.1) is 34.5 Å². The van der Waals surface area contributed by atoms with Crippen molar-refractivity contribution in [1.82, 2.24) is 35.5 Å². The number of amides is 2. The minimum Gasteiger partial charge on any atom is -0.380 e. The van der Waals surface area contributed by atoms with Crippen LogP contribution in [0.25, 0.3) is 22.2 Å². The number of benzene rings is 1. The third-order valence-electron chi connectivity index (χ3n) is 18.4. The Labute approximate surface area is 452 Å². The molecule has 2 aromatic heterocycles. The van der Waals surface area contributed by atoms with Crippen molar-refractivity contribution in [3.05, 3.63) is 41.7 Å². The Morgan fingerprint density at radius 3 is 2.37 bits per heavy atom. The second-order valence-electron chi connectivity index (χ2n) is 24.3. The van der Waals surface area contributed by atoms with Gasteiger partial charge in [0.25, 0.3) is 5.91 Å². The molecule has 14 nitrogen and oxygen atoms in total. The molecule has 3 unspecified atom stereocenters. The number of methoxy groups -OCH3 is 1. The monoisotopic (exact) mass is 1060 g/mol. The van der Waals surface area contributed by atoms with Gasteiger partial charge in [0, 0.05) is 96.3 Å². The van der Waals surface area contributed by atoms with Crippen molar-refractivity contribution in [3.8, 4) is 11.3 Å². The minimum atomic E-state index is -4.55. The number of piperazine rings is 1. The zero-order chi connectivity index (χ0) is 53.8. The van der Waals surface area contributed by atoms with Gasteiger partial charge in [0.05, 0.1) is 48.6 Å². The highest BCUT2D eigenvalue weighted by Gasteiger charge is 2.65. The number of aromatic nitrogens is 2. The third kappa shape index (κ3) is 12.1. The fourth-order valence-electron chi connectivity index (χ4n) is 14.6. The molecule has 5 aliphatic heterocycles. The number of aldehydes is 1. The third-order valence-corrected chi connectivity index (χ3v) is 18.4. The Hall–Kier alpha value is -4.29. The summed E-state index contributed by atoms with van der Waals surface area (Å²) >= 11 is 0. The van der Waals surface area contributed by atoms with Crippen molar-refractivity contribution < 1.29 is 39.9 Å². The number of halogens is 3. The SMILES string of the molecule is CCCN(CC[C@H]1C2CC3(COC3)C2C(C)[C@H](N2CCCCCCCC2)C(=O)N[C@@H]1C(=O)N1CCCCN1)c1ccc2c(c1)c(CC(C)(C)CCC=O)c(-c1cc(N3CCNCC3)cnc1[C@H](C)OC)n2CC(F)(F)F.[HH].[HH]. The number of nitrogens with one attached hydrogen (secondary N) is 3. The molecule has 1 saturated carbocycles. The van der Waals surface area contributed by atoms with E-state index in [-0.39, 0.29) is 49.8 Å². The number of alkyl halides is 3. The topological polar surface area (TPSA) is 137 Å². The van der Waals surface area contributed by atoms with Crippen molar-refractivity contribution in [3.63, 3.8) is 0 Å². The molecule has 76 heavy (non-hydrogen) atoms. The first-order valence-corrected chi connectivity index (χ1v) is 29.1. The first-order chi connectivity index (χ1) is 36.6. The molecule has 1 aliphatic carbocycles. The van der Waals surface area contributed by atoms with Gasteiger partial charge >= 0.3 is 6.18 Å². The van der Waals surface area contributed by atoms with E-state index in [2.05, 4.69) is 64.5 Å². The number of nitrogens with zero attached hydrogens (tertiary/aromatic N) is 6. The highest BCUT2D eigenvalue weighted by molar-refractivity contribution is 5.95. The molecule has 0 bridgehead atoms. The number of carbonyl (C=O) groups is 3. The second-order valence-corrected chi connectivity index (χ2v) is 24.3. The standard InChI is InChI=1S/C59H88F3N9O5.2H2/c1-7-24-67(28-19-44-47-35-58(38-76-39-58)50(47)40(2)53(69-25-13-10-8-9-11-14-26-69)55(73)66-52(44)56(74)71-27-15-12-21-65-71)42-17-18-49-45(32-42)48(34-57(4,5)20-16-31-72)54(70(49)37-59(60,61)62)46-33-43(68-29-22-63-23-30-68)36-64-51(46)41(3)75-6;;/h17-18,31-33,36,40-41,44,47,50,52-53,63,65H,7-16,19-30,34-35,37-39H2,1-6H3,(H,66,73);2*1H/t40?,41-,44-,47?,50?,52-,53-;;/m0../s1. The molecule has 6 aliphatic rings. The van der Waals surface area contributed by atoms with Crippen LogP contribution in [0.4, 0.5) is 24.5 Å². The molecule has 3 N–H and O–H groups in total. The number of anilines is 2. The molecule has 2 amide bonds. The average Bonchev–Trinajstić information content (AvgIpc) is 2.96. The van der Waals surface area contributed by atoms with Gasteiger partial charge < -0.3 is 39.3 Å². The molecule has 7 atom stereocenters. The van der Waals surface area contributed by atoms with Crippen LogP contribution in [0.2, 0.25) is 0 Å². The van der Waals surface area contributed by atoms with Crippen LogP contribution in [0.15, 0.2) is 30.5 Å². The predicted octanol–water partition coefficient (Wildman–Crippen LogP) is 9.58. The normalized spacial score (nSPS) is 26.2. The van der Waals surface area contributed by atoms with E-state index in [9.17, 15) is 4.79 Å². The van der Waals surface area contributed by atoms with E-state index in [1.54, 1.807) is 12.1 Å². The van der Waals surface area contributed by atoms with Crippen LogP contribution >= 0.6 is 0 Å². The molecule has 7 heterocycles. The quantitative estimate of drug-likeness (QED) is 0.105. The van der Waals surface area contributed by atoms with Gasteiger partial charge in [-0.15, -0.1) is 0 Å². The van der Waals surface area contributed by atoms with Crippen LogP contribution in [0.1, 0.15) is 138 Å². The molecule has 3 aromatic rings. The maximum absolute atomic E-state index is 15.2. The summed E-state index contributed by atoms with van der Waals surface area (Å²) < 4.78 is 58.9. The highest BCUT2D eigenvalue weighted by Crippen LogP contribution is 2.63. The minimum absolute atomic E-state index is 0. The van der Waals surface area contributed by atoms with Gasteiger partial charge in [-0.1, -0.05) is 53.4 Å². The van der Waals surface area contributed by atoms with Crippen molar-refractivity contribution in [2.24, 2.45) is 34.5 Å². The first kappa shape index (κ1) is 56.4. The molecule has 6 fully saturated rings. The van der Waals surface area contributed by atoms with Gasteiger partial charge in [0.1, 0.15) is 18.9 Å². The number of pyridine rings is 1. The molecule has 17 heteroatoms. The smallest absolute Gasteiger partial charge is 0.380 e. The van der Waals surface area contributed by atoms with Gasteiger partial charge in [0.15, 0.2) is 0 Å². The molecule has 1 aromatic carbocycles. The van der Waals surface area contributed by atoms with E-state index in [1.807, 2.05) is 31.3 Å². The van der Waals surface area contributed by atoms with E-state index >= 15 is 22.8 Å². The fourth-order valence-corrected chi connectivity index (χ4v) is 14.6. The Balaban J connectivity index is 0.00000441. The van der Waals surface area contributed by atoms with E-state index in [4.69, 9.17) is 14.5 Å². The average molecular weight is 1060 g/mol. The van der Waals surface area contributed by atoms with E-state index in [0.717, 1.165) is 119 Å². The molecule has 0 radical (unpaired) electrons. The van der Waals surface area contributed by atoms with Gasteiger partial charge in [-0.2, -0.15) is 13.2 Å². The molecule has 424 valence electrons. The van der Waals surface area contributed by atoms with Crippen LogP contribution in [0.5, 0.6) is 0 Å². The van der Waals surface area contributed by atoms with Gasteiger partial charge in [-0.25, -0.2) is 5.43 Å². The summed E-state index contributed by atoms with van der Waals surface area (Å²) in [7, 11) is 1.59. The summed E-state index contributed by atoms with van der Waals surface area (Å²) in [5, 5.41) is 9.40. The number of hydrogen-bond donors (Lipinski definition) is 3. The van der Waals surface area contributed by atoms with Crippen LogP contribution in [-0.2, 0) is 36.8 Å². The lowest BCUT2D eigenvalue weighted by atomic mass is 9.44. The van der Waals surface area contributed by atoms with E-state index < -0.39 is 30.3 Å². The van der Waals surface area contributed by atoms with Crippen molar-refractivity contribution in [2.45, 2.75) is 155 Å².